The van der Waals surface area contributed by atoms with Crippen LogP contribution in [0, 0.1) is 0 Å². The lowest BCUT2D eigenvalue weighted by Crippen LogP contribution is -2.54. The van der Waals surface area contributed by atoms with Gasteiger partial charge in [0, 0.05) is 63.1 Å². The Bertz CT molecular complexity index is 2240. The average molecular weight is 718 g/mol. The monoisotopic (exact) mass is 717 g/mol. The van der Waals surface area contributed by atoms with Crippen LogP contribution in [0.1, 0.15) is 49.3 Å². The van der Waals surface area contributed by atoms with E-state index in [1.54, 1.807) is 23.7 Å². The Kier molecular flexibility index (Phi) is 9.02. The number of hydrogen-bond donors (Lipinski definition) is 3. The summed E-state index contributed by atoms with van der Waals surface area (Å²) in [4.78, 5) is 54.1. The van der Waals surface area contributed by atoms with Crippen LogP contribution >= 0.6 is 0 Å². The van der Waals surface area contributed by atoms with E-state index in [0.717, 1.165) is 73.6 Å². The summed E-state index contributed by atoms with van der Waals surface area (Å²) < 4.78 is 3.13. The van der Waals surface area contributed by atoms with Crippen LogP contribution in [0.25, 0.3) is 22.3 Å². The van der Waals surface area contributed by atoms with Gasteiger partial charge in [-0.25, -0.2) is 14.8 Å². The number of amides is 2. The number of aryl methyl sites for hydroxylation is 2. The minimum Gasteiger partial charge on any atom is -0.507 e. The lowest BCUT2D eigenvalue weighted by atomic mass is 10.1. The molecule has 6 heterocycles. The third-order valence-corrected chi connectivity index (χ3v) is 10.9. The molecule has 0 aliphatic carbocycles. The maximum absolute atomic E-state index is 13.3. The topological polar surface area (TPSA) is 181 Å². The van der Waals surface area contributed by atoms with Gasteiger partial charge in [-0.15, -0.1) is 10.2 Å². The number of carbonyl (C=O) groups is 2. The van der Waals surface area contributed by atoms with Gasteiger partial charge in [0.2, 0.25) is 17.8 Å². The summed E-state index contributed by atoms with van der Waals surface area (Å²) in [6, 6.07) is 14.6. The van der Waals surface area contributed by atoms with E-state index >= 15 is 0 Å². The van der Waals surface area contributed by atoms with Crippen molar-refractivity contribution in [3.63, 3.8) is 0 Å². The van der Waals surface area contributed by atoms with Crippen LogP contribution in [0.3, 0.4) is 0 Å². The van der Waals surface area contributed by atoms with Gasteiger partial charge in [-0.1, -0.05) is 24.3 Å². The summed E-state index contributed by atoms with van der Waals surface area (Å²) in [6.45, 7) is 2.97. The van der Waals surface area contributed by atoms with Gasteiger partial charge < -0.3 is 25.5 Å². The SMILES string of the molecule is CN(CCCc1cnc(N2C3CCC2CN(c2cc(-c4ccccc4O)nnc2N)C3)nc1)Cc1cccc2c1n(C)c(=O)n2C1CCC(=O)NC1=O. The molecule has 2 bridgehead atoms. The quantitative estimate of drug-likeness (QED) is 0.180. The molecule has 3 atom stereocenters. The number of piperidine rings is 1. The van der Waals surface area contributed by atoms with Crippen molar-refractivity contribution < 1.29 is 14.7 Å². The molecule has 3 aliphatic rings. The average Bonchev–Trinajstić information content (AvgIpc) is 3.56. The number of nitrogen functional groups attached to an aromatic ring is 1. The van der Waals surface area contributed by atoms with E-state index in [0.29, 0.717) is 35.6 Å². The van der Waals surface area contributed by atoms with E-state index in [4.69, 9.17) is 15.7 Å². The minimum absolute atomic E-state index is 0.151. The Balaban J connectivity index is 0.883. The molecule has 3 fully saturated rings. The minimum atomic E-state index is -0.708. The first-order valence-corrected chi connectivity index (χ1v) is 18.1. The second kappa shape index (κ2) is 14.0. The molecule has 274 valence electrons. The van der Waals surface area contributed by atoms with Gasteiger partial charge >= 0.3 is 5.69 Å². The molecule has 0 saturated carbocycles. The Morgan fingerprint density at radius 1 is 0.981 bits per heavy atom. The van der Waals surface area contributed by atoms with Crippen molar-refractivity contribution in [2.24, 2.45) is 7.05 Å². The van der Waals surface area contributed by atoms with Crippen molar-refractivity contribution >= 4 is 40.3 Å². The van der Waals surface area contributed by atoms with Crippen LogP contribution < -0.4 is 26.5 Å². The van der Waals surface area contributed by atoms with Crippen molar-refractivity contribution in [1.29, 1.82) is 0 Å². The first kappa shape index (κ1) is 34.3. The maximum atomic E-state index is 13.3. The van der Waals surface area contributed by atoms with Gasteiger partial charge in [0.1, 0.15) is 11.8 Å². The third kappa shape index (κ3) is 6.45. The van der Waals surface area contributed by atoms with E-state index in [-0.39, 0.29) is 35.9 Å². The molecule has 8 rings (SSSR count). The largest absolute Gasteiger partial charge is 0.507 e. The molecule has 15 heteroatoms. The van der Waals surface area contributed by atoms with Crippen molar-refractivity contribution in [3.8, 4) is 17.0 Å². The van der Waals surface area contributed by atoms with Gasteiger partial charge in [-0.3, -0.25) is 24.0 Å². The highest BCUT2D eigenvalue weighted by atomic mass is 16.3. The zero-order valence-electron chi connectivity index (χ0n) is 29.9. The summed E-state index contributed by atoms with van der Waals surface area (Å²) in [5.41, 5.74) is 11.6. The molecule has 2 aromatic carbocycles. The van der Waals surface area contributed by atoms with Crippen LogP contribution in [0.15, 0.2) is 65.7 Å². The molecule has 15 nitrogen and oxygen atoms in total. The van der Waals surface area contributed by atoms with Crippen molar-refractivity contribution in [3.05, 3.63) is 82.5 Å². The Labute approximate surface area is 306 Å². The molecule has 3 saturated heterocycles. The first-order valence-electron chi connectivity index (χ1n) is 18.1. The molecule has 0 radical (unpaired) electrons. The summed E-state index contributed by atoms with van der Waals surface area (Å²) in [6.07, 6.45) is 8.18. The highest BCUT2D eigenvalue weighted by molar-refractivity contribution is 6.00. The zero-order chi connectivity index (χ0) is 36.8. The predicted molar refractivity (Wildman–Crippen MR) is 200 cm³/mol. The standard InChI is InChI=1S/C38H43N11O4/c1-45(20-24-8-5-10-29-34(24)46(2)38(53)49(29)30-14-15-33(51)42-36(30)52)16-6-7-23-18-40-37(41-19-23)48-25-12-13-26(48)22-47(21-25)31-17-28(43-44-35(31)39)27-9-3-4-11-32(27)50/h3-5,8-11,17-19,25-26,30,50H,6-7,12-16,20-22H2,1-2H3,(H2,39,44)(H,42,51,52). The number of piperazine rings is 1. The smallest absolute Gasteiger partial charge is 0.329 e. The second-order valence-corrected chi connectivity index (χ2v) is 14.4. The third-order valence-electron chi connectivity index (χ3n) is 10.9. The number of imidazole rings is 1. The van der Waals surface area contributed by atoms with Gasteiger partial charge in [0.05, 0.1) is 22.4 Å². The number of benzene rings is 2. The highest BCUT2D eigenvalue weighted by Crippen LogP contribution is 2.38. The number of phenols is 1. The van der Waals surface area contributed by atoms with Crippen molar-refractivity contribution in [1.82, 2.24) is 39.5 Å². The van der Waals surface area contributed by atoms with Crippen LogP contribution in [-0.4, -0.2) is 89.9 Å². The van der Waals surface area contributed by atoms with E-state index in [2.05, 4.69) is 37.3 Å². The number of rotatable bonds is 10. The lowest BCUT2D eigenvalue weighted by molar-refractivity contribution is -0.135. The molecular weight excluding hydrogens is 674 g/mol. The molecular formula is C38H43N11O4. The number of anilines is 3. The van der Waals surface area contributed by atoms with Gasteiger partial charge in [0.15, 0.2) is 5.82 Å². The van der Waals surface area contributed by atoms with Crippen LogP contribution in [0.2, 0.25) is 0 Å². The fraction of sp³-hybridized carbons (Fsp3) is 0.395. The summed E-state index contributed by atoms with van der Waals surface area (Å²) in [5, 5.41) is 21.2. The first-order chi connectivity index (χ1) is 25.7. The van der Waals surface area contributed by atoms with E-state index in [9.17, 15) is 19.5 Å². The fourth-order valence-electron chi connectivity index (χ4n) is 8.30. The van der Waals surface area contributed by atoms with Crippen LogP contribution in [0.5, 0.6) is 5.75 Å². The number of nitrogens with one attached hydrogen (secondary N) is 1. The number of nitrogens with zero attached hydrogens (tertiary/aromatic N) is 9. The number of aromatic nitrogens is 6. The molecule has 0 spiro atoms. The van der Waals surface area contributed by atoms with E-state index < -0.39 is 11.9 Å². The Morgan fingerprint density at radius 3 is 2.47 bits per heavy atom. The highest BCUT2D eigenvalue weighted by Gasteiger charge is 2.42. The lowest BCUT2D eigenvalue weighted by Gasteiger charge is -2.42. The maximum Gasteiger partial charge on any atom is 0.329 e. The molecule has 3 aliphatic heterocycles. The molecule has 3 aromatic heterocycles. The molecule has 53 heavy (non-hydrogen) atoms. The number of hydrogen-bond acceptors (Lipinski definition) is 12. The summed E-state index contributed by atoms with van der Waals surface area (Å²) in [5.74, 6) is 0.527. The number of imide groups is 1. The van der Waals surface area contributed by atoms with E-state index in [1.807, 2.05) is 48.8 Å². The number of carbonyl (C=O) groups excluding carboxylic acids is 2. The van der Waals surface area contributed by atoms with E-state index in [1.165, 1.54) is 4.57 Å². The van der Waals surface area contributed by atoms with Gasteiger partial charge in [0.25, 0.3) is 0 Å². The number of nitrogens with two attached hydrogens (primary N) is 1. The zero-order valence-corrected chi connectivity index (χ0v) is 29.9. The van der Waals surface area contributed by atoms with Gasteiger partial charge in [-0.05, 0) is 81.1 Å². The number of aromatic hydroxyl groups is 1. The number of fused-ring (bicyclic) bond motifs is 3. The molecule has 5 aromatic rings. The summed E-state index contributed by atoms with van der Waals surface area (Å²) >= 11 is 0. The Morgan fingerprint density at radius 2 is 1.74 bits per heavy atom. The van der Waals surface area contributed by atoms with Crippen molar-refractivity contribution in [2.75, 3.05) is 42.2 Å². The summed E-state index contributed by atoms with van der Waals surface area (Å²) in [7, 11) is 3.79. The fourth-order valence-corrected chi connectivity index (χ4v) is 8.30. The molecule has 2 amide bonds. The predicted octanol–water partition coefficient (Wildman–Crippen LogP) is 2.77. The van der Waals surface area contributed by atoms with Crippen LogP contribution in [0.4, 0.5) is 17.5 Å². The normalized spacial score (nSPS) is 20.1. The molecule has 3 unspecified atom stereocenters. The van der Waals surface area contributed by atoms with Crippen molar-refractivity contribution in [2.45, 2.75) is 63.2 Å². The number of phenolic OH excluding ortho intramolecular Hbond substituents is 1. The molecule has 4 N–H and O–H groups in total. The van der Waals surface area contributed by atoms with Gasteiger partial charge in [-0.2, -0.15) is 0 Å². The number of para-hydroxylation sites is 2. The second-order valence-electron chi connectivity index (χ2n) is 14.4. The Hall–Kier alpha value is -5.83. The van der Waals surface area contributed by atoms with Crippen LogP contribution in [-0.2, 0) is 29.6 Å².